The molecule has 2 heterocycles. The van der Waals surface area contributed by atoms with E-state index in [0.717, 1.165) is 40.6 Å². The molecule has 2 aromatic heterocycles. The van der Waals surface area contributed by atoms with Crippen molar-refractivity contribution in [1.82, 2.24) is 14.8 Å². The first-order valence-electron chi connectivity index (χ1n) is 11.9. The molecule has 0 atom stereocenters. The molecule has 2 aromatic carbocycles. The van der Waals surface area contributed by atoms with Gasteiger partial charge in [0.25, 0.3) is 5.69 Å². The van der Waals surface area contributed by atoms with Crippen LogP contribution in [0.25, 0.3) is 11.0 Å². The van der Waals surface area contributed by atoms with Crippen molar-refractivity contribution in [1.29, 1.82) is 0 Å². The van der Waals surface area contributed by atoms with E-state index in [4.69, 9.17) is 4.74 Å². The standard InChI is InChI=1S/C27H27N5O4/c1-15-9-16(2)17(3)24(10-15)36-22-12-20(11-21(13-22)32(34)35)29-25(33)14-31-27-26(18(4)30-31)23(7-8-28-27)19-5-6-19/h7-13,19H,5-6,14H2,1-4H3,(H,29,33). The van der Waals surface area contributed by atoms with E-state index in [1.807, 2.05) is 45.9 Å². The molecule has 0 aliphatic heterocycles. The average Bonchev–Trinajstić information content (AvgIpc) is 3.61. The highest BCUT2D eigenvalue weighted by molar-refractivity contribution is 5.92. The van der Waals surface area contributed by atoms with Crippen molar-refractivity contribution in [3.63, 3.8) is 0 Å². The van der Waals surface area contributed by atoms with Crippen molar-refractivity contribution in [2.45, 2.75) is 53.0 Å². The van der Waals surface area contributed by atoms with Gasteiger partial charge in [0, 0.05) is 23.7 Å². The van der Waals surface area contributed by atoms with Gasteiger partial charge in [0.1, 0.15) is 18.0 Å². The van der Waals surface area contributed by atoms with E-state index < -0.39 is 4.92 Å². The highest BCUT2D eigenvalue weighted by atomic mass is 16.6. The number of amides is 1. The third-order valence-electron chi connectivity index (χ3n) is 6.53. The summed E-state index contributed by atoms with van der Waals surface area (Å²) in [5.41, 5.74) is 5.84. The second-order valence-electron chi connectivity index (χ2n) is 9.44. The molecule has 1 aliphatic carbocycles. The molecule has 184 valence electrons. The van der Waals surface area contributed by atoms with Gasteiger partial charge in [0.2, 0.25) is 5.91 Å². The maximum absolute atomic E-state index is 12.9. The lowest BCUT2D eigenvalue weighted by molar-refractivity contribution is -0.384. The van der Waals surface area contributed by atoms with Crippen molar-refractivity contribution in [3.05, 3.63) is 80.7 Å². The van der Waals surface area contributed by atoms with Gasteiger partial charge >= 0.3 is 0 Å². The van der Waals surface area contributed by atoms with E-state index in [1.165, 1.54) is 17.7 Å². The SMILES string of the molecule is Cc1cc(C)c(C)c(Oc2cc(NC(=O)Cn3nc(C)c4c(C5CC5)ccnc43)cc([N+](=O)[O-])c2)c1. The Bertz CT molecular complexity index is 1520. The number of aryl methyl sites for hydroxylation is 3. The number of nitrogens with zero attached hydrogens (tertiary/aromatic N) is 4. The summed E-state index contributed by atoms with van der Waals surface area (Å²) in [6, 6.07) is 10.2. The zero-order valence-electron chi connectivity index (χ0n) is 20.7. The number of nitro groups is 1. The number of non-ortho nitro benzene ring substituents is 1. The molecule has 9 heteroatoms. The van der Waals surface area contributed by atoms with E-state index in [9.17, 15) is 14.9 Å². The first kappa shape index (κ1) is 23.5. The number of pyridine rings is 1. The second-order valence-corrected chi connectivity index (χ2v) is 9.44. The number of carbonyl (C=O) groups excluding carboxylic acids is 1. The Balaban J connectivity index is 1.40. The Hall–Kier alpha value is -4.27. The number of hydrogen-bond acceptors (Lipinski definition) is 6. The molecule has 36 heavy (non-hydrogen) atoms. The summed E-state index contributed by atoms with van der Waals surface area (Å²) >= 11 is 0. The van der Waals surface area contributed by atoms with E-state index in [2.05, 4.69) is 15.4 Å². The highest BCUT2D eigenvalue weighted by Crippen LogP contribution is 2.43. The lowest BCUT2D eigenvalue weighted by Crippen LogP contribution is -2.20. The van der Waals surface area contributed by atoms with Gasteiger partial charge in [-0.2, -0.15) is 5.10 Å². The number of nitro benzene ring substituents is 1. The minimum atomic E-state index is -0.509. The fourth-order valence-corrected chi connectivity index (χ4v) is 4.54. The van der Waals surface area contributed by atoms with Gasteiger partial charge in [0.15, 0.2) is 5.65 Å². The summed E-state index contributed by atoms with van der Waals surface area (Å²) < 4.78 is 7.60. The minimum Gasteiger partial charge on any atom is -0.457 e. The molecule has 0 radical (unpaired) electrons. The van der Waals surface area contributed by atoms with Crippen molar-refractivity contribution < 1.29 is 14.5 Å². The van der Waals surface area contributed by atoms with Crippen molar-refractivity contribution in [2.75, 3.05) is 5.32 Å². The van der Waals surface area contributed by atoms with Crippen LogP contribution in [0.2, 0.25) is 0 Å². The van der Waals surface area contributed by atoms with Gasteiger partial charge < -0.3 is 10.1 Å². The molecule has 0 spiro atoms. The summed E-state index contributed by atoms with van der Waals surface area (Å²) in [6.07, 6.45) is 4.07. The normalized spacial score (nSPS) is 13.1. The minimum absolute atomic E-state index is 0.0689. The molecule has 1 amide bonds. The predicted octanol–water partition coefficient (Wildman–Crippen LogP) is 5.88. The third-order valence-corrected chi connectivity index (χ3v) is 6.53. The third kappa shape index (κ3) is 4.64. The lowest BCUT2D eigenvalue weighted by Gasteiger charge is -2.13. The first-order valence-corrected chi connectivity index (χ1v) is 11.9. The molecule has 0 saturated heterocycles. The molecular weight excluding hydrogens is 458 g/mol. The van der Waals surface area contributed by atoms with Gasteiger partial charge in [-0.3, -0.25) is 14.9 Å². The smallest absolute Gasteiger partial charge is 0.275 e. The molecule has 4 aromatic rings. The Kier molecular flexibility index (Phi) is 5.91. The number of anilines is 1. The topological polar surface area (TPSA) is 112 Å². The van der Waals surface area contributed by atoms with Crippen molar-refractivity contribution >= 4 is 28.3 Å². The number of carbonyl (C=O) groups is 1. The molecule has 1 saturated carbocycles. The number of aromatic nitrogens is 3. The van der Waals surface area contributed by atoms with Gasteiger partial charge in [0.05, 0.1) is 22.4 Å². The van der Waals surface area contributed by atoms with Crippen molar-refractivity contribution in [2.24, 2.45) is 0 Å². The van der Waals surface area contributed by atoms with Crippen LogP contribution in [-0.2, 0) is 11.3 Å². The summed E-state index contributed by atoms with van der Waals surface area (Å²) in [4.78, 5) is 28.5. The van der Waals surface area contributed by atoms with Crippen LogP contribution in [-0.4, -0.2) is 25.6 Å². The van der Waals surface area contributed by atoms with Crippen LogP contribution < -0.4 is 10.1 Å². The molecule has 0 bridgehead atoms. The summed E-state index contributed by atoms with van der Waals surface area (Å²) in [5, 5.41) is 19.9. The number of nitrogens with one attached hydrogen (secondary N) is 1. The quantitative estimate of drug-likeness (QED) is 0.258. The fourth-order valence-electron chi connectivity index (χ4n) is 4.54. The van der Waals surface area contributed by atoms with Crippen LogP contribution in [0.1, 0.15) is 46.7 Å². The zero-order chi connectivity index (χ0) is 25.6. The van der Waals surface area contributed by atoms with E-state index in [0.29, 0.717) is 17.3 Å². The maximum atomic E-state index is 12.9. The Labute approximate surface area is 208 Å². The zero-order valence-corrected chi connectivity index (χ0v) is 20.7. The van der Waals surface area contributed by atoms with Gasteiger partial charge in [-0.25, -0.2) is 9.67 Å². The molecule has 1 aliphatic rings. The molecule has 1 fully saturated rings. The van der Waals surface area contributed by atoms with Gasteiger partial charge in [-0.1, -0.05) is 6.07 Å². The lowest BCUT2D eigenvalue weighted by atomic mass is 10.1. The Morgan fingerprint density at radius 2 is 1.94 bits per heavy atom. The second kappa shape index (κ2) is 9.07. The molecule has 1 N–H and O–H groups in total. The largest absolute Gasteiger partial charge is 0.457 e. The van der Waals surface area contributed by atoms with E-state index in [-0.39, 0.29) is 29.6 Å². The summed E-state index contributed by atoms with van der Waals surface area (Å²) in [7, 11) is 0. The van der Waals surface area contributed by atoms with E-state index >= 15 is 0 Å². The molecule has 5 rings (SSSR count). The van der Waals surface area contributed by atoms with E-state index in [1.54, 1.807) is 16.9 Å². The van der Waals surface area contributed by atoms with Gasteiger partial charge in [-0.15, -0.1) is 0 Å². The monoisotopic (exact) mass is 485 g/mol. The summed E-state index contributed by atoms with van der Waals surface area (Å²) in [6.45, 7) is 7.73. The number of rotatable bonds is 7. The number of fused-ring (bicyclic) bond motifs is 1. The average molecular weight is 486 g/mol. The van der Waals surface area contributed by atoms with Crippen LogP contribution in [0.15, 0.2) is 42.6 Å². The highest BCUT2D eigenvalue weighted by Gasteiger charge is 2.28. The van der Waals surface area contributed by atoms with Crippen LogP contribution >= 0.6 is 0 Å². The summed E-state index contributed by atoms with van der Waals surface area (Å²) in [5.74, 6) is 1.04. The number of benzene rings is 2. The predicted molar refractivity (Wildman–Crippen MR) is 137 cm³/mol. The van der Waals surface area contributed by atoms with Crippen LogP contribution in [0, 0.1) is 37.8 Å². The molecular formula is C27H27N5O4. The Morgan fingerprint density at radius 1 is 1.17 bits per heavy atom. The van der Waals surface area contributed by atoms with Crippen molar-refractivity contribution in [3.8, 4) is 11.5 Å². The Morgan fingerprint density at radius 3 is 2.67 bits per heavy atom. The van der Waals surface area contributed by atoms with Crippen LogP contribution in [0.4, 0.5) is 11.4 Å². The number of hydrogen-bond donors (Lipinski definition) is 1. The number of ether oxygens (including phenoxy) is 1. The van der Waals surface area contributed by atoms with Crippen LogP contribution in [0.5, 0.6) is 11.5 Å². The van der Waals surface area contributed by atoms with Crippen LogP contribution in [0.3, 0.4) is 0 Å². The first-order chi connectivity index (χ1) is 17.2. The molecule has 9 nitrogen and oxygen atoms in total. The van der Waals surface area contributed by atoms with Gasteiger partial charge in [-0.05, 0) is 80.8 Å². The maximum Gasteiger partial charge on any atom is 0.275 e. The molecule has 0 unspecified atom stereocenters. The fraction of sp³-hybridized carbons (Fsp3) is 0.296.